The van der Waals surface area contributed by atoms with Gasteiger partial charge in [0.1, 0.15) is 10.6 Å². The molecule has 1 saturated carbocycles. The summed E-state index contributed by atoms with van der Waals surface area (Å²) in [6.07, 6.45) is 6.20. The van der Waals surface area contributed by atoms with Crippen molar-refractivity contribution in [3.8, 4) is 0 Å². The maximum absolute atomic E-state index is 12.6. The Kier molecular flexibility index (Phi) is 5.27. The minimum absolute atomic E-state index is 0.141. The molecule has 0 bridgehead atoms. The number of ether oxygens (including phenoxy) is 1. The summed E-state index contributed by atoms with van der Waals surface area (Å²) in [4.78, 5) is 17.2. The standard InChI is InChI=1S/C16H25N3O4S/c1-18(12-13-4-2-3-5-13)16(20)15-10-14(11-17-15)24(21,22)19-6-8-23-9-7-19/h10-11,13,17H,2-9,12H2,1H3. The zero-order valence-corrected chi connectivity index (χ0v) is 14.8. The van der Waals surface area contributed by atoms with E-state index in [1.165, 1.54) is 42.3 Å². The van der Waals surface area contributed by atoms with Crippen molar-refractivity contribution in [3.63, 3.8) is 0 Å². The lowest BCUT2D eigenvalue weighted by Gasteiger charge is -2.25. The summed E-state index contributed by atoms with van der Waals surface area (Å²) in [6, 6.07) is 1.44. The average Bonchev–Trinajstić information content (AvgIpc) is 3.26. The second-order valence-corrected chi connectivity index (χ2v) is 8.54. The molecule has 2 fully saturated rings. The number of nitrogens with zero attached hydrogens (tertiary/aromatic N) is 2. The molecule has 3 rings (SSSR count). The fourth-order valence-electron chi connectivity index (χ4n) is 3.45. The Morgan fingerprint density at radius 3 is 2.67 bits per heavy atom. The van der Waals surface area contributed by atoms with E-state index in [4.69, 9.17) is 4.74 Å². The molecule has 0 unspecified atom stereocenters. The number of hydrogen-bond acceptors (Lipinski definition) is 4. The average molecular weight is 355 g/mol. The van der Waals surface area contributed by atoms with Crippen LogP contribution in [-0.2, 0) is 14.8 Å². The molecule has 0 atom stereocenters. The number of hydrogen-bond donors (Lipinski definition) is 1. The van der Waals surface area contributed by atoms with Crippen molar-refractivity contribution in [2.24, 2.45) is 5.92 Å². The van der Waals surface area contributed by atoms with Gasteiger partial charge < -0.3 is 14.6 Å². The second kappa shape index (κ2) is 7.25. The van der Waals surface area contributed by atoms with Gasteiger partial charge in [0.15, 0.2) is 0 Å². The highest BCUT2D eigenvalue weighted by Crippen LogP contribution is 2.26. The quantitative estimate of drug-likeness (QED) is 0.863. The fourth-order valence-corrected chi connectivity index (χ4v) is 4.85. The molecule has 24 heavy (non-hydrogen) atoms. The van der Waals surface area contributed by atoms with Gasteiger partial charge in [-0.1, -0.05) is 12.8 Å². The maximum atomic E-state index is 12.6. The first kappa shape index (κ1) is 17.4. The van der Waals surface area contributed by atoms with Crippen molar-refractivity contribution < 1.29 is 17.9 Å². The van der Waals surface area contributed by atoms with Gasteiger partial charge in [0.05, 0.1) is 13.2 Å². The van der Waals surface area contributed by atoms with E-state index in [2.05, 4.69) is 4.98 Å². The Morgan fingerprint density at radius 1 is 1.33 bits per heavy atom. The lowest BCUT2D eigenvalue weighted by atomic mass is 10.1. The van der Waals surface area contributed by atoms with Crippen LogP contribution in [0.5, 0.6) is 0 Å². The van der Waals surface area contributed by atoms with Crippen LogP contribution in [0.1, 0.15) is 36.2 Å². The highest BCUT2D eigenvalue weighted by Gasteiger charge is 2.28. The van der Waals surface area contributed by atoms with Gasteiger partial charge in [-0.05, 0) is 24.8 Å². The summed E-state index contributed by atoms with van der Waals surface area (Å²) in [5.74, 6) is 0.399. The van der Waals surface area contributed by atoms with Crippen LogP contribution in [0.15, 0.2) is 17.2 Å². The van der Waals surface area contributed by atoms with E-state index in [1.54, 1.807) is 11.9 Å². The molecule has 1 saturated heterocycles. The molecule has 2 aliphatic rings. The first-order valence-corrected chi connectivity index (χ1v) is 9.94. The zero-order valence-electron chi connectivity index (χ0n) is 14.0. The summed E-state index contributed by atoms with van der Waals surface area (Å²) >= 11 is 0. The van der Waals surface area contributed by atoms with Gasteiger partial charge in [-0.2, -0.15) is 4.31 Å². The molecule has 0 radical (unpaired) electrons. The molecular formula is C16H25N3O4S. The molecule has 1 aromatic rings. The normalized spacial score (nSPS) is 20.4. The van der Waals surface area contributed by atoms with Crippen molar-refractivity contribution >= 4 is 15.9 Å². The smallest absolute Gasteiger partial charge is 0.270 e. The van der Waals surface area contributed by atoms with Gasteiger partial charge in [0.25, 0.3) is 5.91 Å². The molecule has 7 nitrogen and oxygen atoms in total. The van der Waals surface area contributed by atoms with E-state index in [0.29, 0.717) is 37.9 Å². The van der Waals surface area contributed by atoms with Crippen molar-refractivity contribution in [1.82, 2.24) is 14.2 Å². The molecular weight excluding hydrogens is 330 g/mol. The minimum atomic E-state index is -3.57. The number of amides is 1. The van der Waals surface area contributed by atoms with Gasteiger partial charge in [-0.3, -0.25) is 4.79 Å². The summed E-state index contributed by atoms with van der Waals surface area (Å²) in [5.41, 5.74) is 0.322. The third kappa shape index (κ3) is 3.65. The topological polar surface area (TPSA) is 82.7 Å². The highest BCUT2D eigenvalue weighted by molar-refractivity contribution is 7.89. The predicted octanol–water partition coefficient (Wildman–Crippen LogP) is 1.30. The summed E-state index contributed by atoms with van der Waals surface area (Å²) in [5, 5.41) is 0. The Balaban J connectivity index is 1.68. The minimum Gasteiger partial charge on any atom is -0.379 e. The summed E-state index contributed by atoms with van der Waals surface area (Å²) in [7, 11) is -1.80. The van der Waals surface area contributed by atoms with E-state index < -0.39 is 10.0 Å². The third-order valence-corrected chi connectivity index (χ3v) is 6.72. The molecule has 0 aromatic carbocycles. The van der Waals surface area contributed by atoms with Crippen LogP contribution in [0.25, 0.3) is 0 Å². The van der Waals surface area contributed by atoms with Crippen LogP contribution in [0, 0.1) is 5.92 Å². The Morgan fingerprint density at radius 2 is 2.00 bits per heavy atom. The van der Waals surface area contributed by atoms with E-state index in [0.717, 1.165) is 6.54 Å². The molecule has 8 heteroatoms. The largest absolute Gasteiger partial charge is 0.379 e. The molecule has 0 spiro atoms. The van der Waals surface area contributed by atoms with E-state index in [-0.39, 0.29) is 10.8 Å². The maximum Gasteiger partial charge on any atom is 0.270 e. The first-order valence-electron chi connectivity index (χ1n) is 8.50. The Hall–Kier alpha value is -1.38. The Labute approximate surface area is 143 Å². The summed E-state index contributed by atoms with van der Waals surface area (Å²) < 4.78 is 31.8. The SMILES string of the molecule is CN(CC1CCCC1)C(=O)c1cc(S(=O)(=O)N2CCOCC2)c[nH]1. The van der Waals surface area contributed by atoms with E-state index >= 15 is 0 Å². The van der Waals surface area contributed by atoms with Gasteiger partial charge in [-0.25, -0.2) is 8.42 Å². The zero-order chi connectivity index (χ0) is 17.2. The van der Waals surface area contributed by atoms with Crippen LogP contribution in [0.3, 0.4) is 0 Å². The first-order chi connectivity index (χ1) is 11.5. The van der Waals surface area contributed by atoms with Crippen LogP contribution < -0.4 is 0 Å². The monoisotopic (exact) mass is 355 g/mol. The van der Waals surface area contributed by atoms with Gasteiger partial charge in [0.2, 0.25) is 10.0 Å². The highest BCUT2D eigenvalue weighted by atomic mass is 32.2. The lowest BCUT2D eigenvalue weighted by Crippen LogP contribution is -2.40. The van der Waals surface area contributed by atoms with Crippen molar-refractivity contribution in [2.45, 2.75) is 30.6 Å². The number of nitrogens with one attached hydrogen (secondary N) is 1. The fraction of sp³-hybridized carbons (Fsp3) is 0.688. The molecule has 134 valence electrons. The van der Waals surface area contributed by atoms with Crippen molar-refractivity contribution in [3.05, 3.63) is 18.0 Å². The number of carbonyl (C=O) groups excluding carboxylic acids is 1. The number of aromatic amines is 1. The van der Waals surface area contributed by atoms with Crippen LogP contribution >= 0.6 is 0 Å². The van der Waals surface area contributed by atoms with Crippen LogP contribution in [0.4, 0.5) is 0 Å². The number of morpholine rings is 1. The van der Waals surface area contributed by atoms with Gasteiger partial charge in [0, 0.05) is 32.9 Å². The second-order valence-electron chi connectivity index (χ2n) is 6.60. The lowest BCUT2D eigenvalue weighted by molar-refractivity contribution is 0.0730. The van der Waals surface area contributed by atoms with Crippen molar-refractivity contribution in [1.29, 1.82) is 0 Å². The van der Waals surface area contributed by atoms with E-state index in [1.807, 2.05) is 0 Å². The Bertz CT molecular complexity index is 673. The number of carbonyl (C=O) groups is 1. The number of sulfonamides is 1. The predicted molar refractivity (Wildman–Crippen MR) is 89.3 cm³/mol. The van der Waals surface area contributed by atoms with Gasteiger partial charge in [-0.15, -0.1) is 0 Å². The molecule has 1 amide bonds. The number of aromatic nitrogens is 1. The molecule has 1 aliphatic heterocycles. The van der Waals surface area contributed by atoms with Crippen molar-refractivity contribution in [2.75, 3.05) is 39.9 Å². The molecule has 1 aliphatic carbocycles. The number of rotatable bonds is 5. The molecule has 2 heterocycles. The number of H-pyrrole nitrogens is 1. The molecule has 1 N–H and O–H groups in total. The van der Waals surface area contributed by atoms with Gasteiger partial charge >= 0.3 is 0 Å². The van der Waals surface area contributed by atoms with Crippen LogP contribution in [0.2, 0.25) is 0 Å². The van der Waals surface area contributed by atoms with Crippen LogP contribution in [-0.4, -0.2) is 68.4 Å². The third-order valence-electron chi connectivity index (χ3n) is 4.85. The summed E-state index contributed by atoms with van der Waals surface area (Å²) in [6.45, 7) is 2.22. The molecule has 1 aromatic heterocycles. The van der Waals surface area contributed by atoms with E-state index in [9.17, 15) is 13.2 Å².